The zero-order valence-electron chi connectivity index (χ0n) is 8.88. The molecule has 0 N–H and O–H groups in total. The zero-order valence-corrected chi connectivity index (χ0v) is 8.88. The molecule has 0 saturated heterocycles. The molecule has 0 unspecified atom stereocenters. The van der Waals surface area contributed by atoms with E-state index in [0.29, 0.717) is 6.42 Å². The summed E-state index contributed by atoms with van der Waals surface area (Å²) in [5.74, 6) is -0.101. The van der Waals surface area contributed by atoms with Gasteiger partial charge in [-0.25, -0.2) is 0 Å². The summed E-state index contributed by atoms with van der Waals surface area (Å²) in [6.45, 7) is 5.98. The van der Waals surface area contributed by atoms with E-state index in [1.54, 1.807) is 0 Å². The fraction of sp³-hybridized carbons (Fsp3) is 0.727. The Labute approximate surface area is 81.0 Å². The van der Waals surface area contributed by atoms with Crippen LogP contribution < -0.4 is 0 Å². The number of rotatable bonds is 6. The van der Waals surface area contributed by atoms with E-state index in [0.717, 1.165) is 19.3 Å². The second kappa shape index (κ2) is 7.84. The van der Waals surface area contributed by atoms with Gasteiger partial charge in [0.05, 0.1) is 0 Å². The molecule has 0 aromatic heterocycles. The molecule has 0 aromatic carbocycles. The van der Waals surface area contributed by atoms with E-state index in [1.807, 2.05) is 19.9 Å². The SMILES string of the molecule is CCC/C=C/[C@@H](C)OC(=O)CCC. The molecular weight excluding hydrogens is 164 g/mol. The molecule has 0 aliphatic rings. The van der Waals surface area contributed by atoms with Crippen molar-refractivity contribution in [2.45, 2.75) is 52.6 Å². The van der Waals surface area contributed by atoms with Crippen LogP contribution in [0.25, 0.3) is 0 Å². The van der Waals surface area contributed by atoms with Gasteiger partial charge in [0.25, 0.3) is 0 Å². The third kappa shape index (κ3) is 7.57. The van der Waals surface area contributed by atoms with E-state index >= 15 is 0 Å². The fourth-order valence-electron chi connectivity index (χ4n) is 0.964. The Morgan fingerprint density at radius 1 is 1.38 bits per heavy atom. The van der Waals surface area contributed by atoms with Crippen LogP contribution in [0.3, 0.4) is 0 Å². The summed E-state index contributed by atoms with van der Waals surface area (Å²) < 4.78 is 5.11. The first-order chi connectivity index (χ1) is 6.20. The number of hydrogen-bond donors (Lipinski definition) is 0. The Hall–Kier alpha value is -0.790. The van der Waals surface area contributed by atoms with Gasteiger partial charge in [0, 0.05) is 6.42 Å². The lowest BCUT2D eigenvalue weighted by atomic mass is 10.2. The third-order valence-electron chi connectivity index (χ3n) is 1.63. The molecule has 0 heterocycles. The van der Waals surface area contributed by atoms with Crippen molar-refractivity contribution >= 4 is 5.97 Å². The summed E-state index contributed by atoms with van der Waals surface area (Å²) in [4.78, 5) is 11.0. The molecule has 13 heavy (non-hydrogen) atoms. The van der Waals surface area contributed by atoms with Gasteiger partial charge in [-0.3, -0.25) is 4.79 Å². The highest BCUT2D eigenvalue weighted by molar-refractivity contribution is 5.69. The average molecular weight is 184 g/mol. The molecule has 2 nitrogen and oxygen atoms in total. The molecule has 0 bridgehead atoms. The van der Waals surface area contributed by atoms with Crippen molar-refractivity contribution in [3.05, 3.63) is 12.2 Å². The van der Waals surface area contributed by atoms with E-state index in [1.165, 1.54) is 0 Å². The normalized spacial score (nSPS) is 13.2. The number of allylic oxidation sites excluding steroid dienone is 1. The van der Waals surface area contributed by atoms with Gasteiger partial charge in [-0.1, -0.05) is 26.3 Å². The lowest BCUT2D eigenvalue weighted by Gasteiger charge is -2.07. The molecule has 0 amide bonds. The monoisotopic (exact) mass is 184 g/mol. The van der Waals surface area contributed by atoms with Crippen molar-refractivity contribution in [1.82, 2.24) is 0 Å². The van der Waals surface area contributed by atoms with Crippen LogP contribution in [-0.4, -0.2) is 12.1 Å². The maximum Gasteiger partial charge on any atom is 0.306 e. The summed E-state index contributed by atoms with van der Waals surface area (Å²) >= 11 is 0. The molecule has 76 valence electrons. The second-order valence-corrected chi connectivity index (χ2v) is 3.16. The van der Waals surface area contributed by atoms with E-state index in [4.69, 9.17) is 4.74 Å². The molecule has 1 atom stereocenters. The van der Waals surface area contributed by atoms with Crippen LogP contribution in [0.5, 0.6) is 0 Å². The molecule has 0 aliphatic carbocycles. The maximum absolute atomic E-state index is 11.0. The average Bonchev–Trinajstić information content (AvgIpc) is 2.05. The highest BCUT2D eigenvalue weighted by atomic mass is 16.5. The van der Waals surface area contributed by atoms with Gasteiger partial charge >= 0.3 is 5.97 Å². The lowest BCUT2D eigenvalue weighted by Crippen LogP contribution is -2.11. The number of hydrogen-bond acceptors (Lipinski definition) is 2. The van der Waals surface area contributed by atoms with Gasteiger partial charge in [0.1, 0.15) is 6.10 Å². The predicted octanol–water partition coefficient (Wildman–Crippen LogP) is 3.07. The minimum atomic E-state index is -0.101. The van der Waals surface area contributed by atoms with Crippen LogP contribution in [0.15, 0.2) is 12.2 Å². The van der Waals surface area contributed by atoms with E-state index in [-0.39, 0.29) is 12.1 Å². The Kier molecular flexibility index (Phi) is 7.36. The third-order valence-corrected chi connectivity index (χ3v) is 1.63. The van der Waals surface area contributed by atoms with Gasteiger partial charge < -0.3 is 4.74 Å². The van der Waals surface area contributed by atoms with Crippen molar-refractivity contribution in [1.29, 1.82) is 0 Å². The number of ether oxygens (including phenoxy) is 1. The predicted molar refractivity (Wildman–Crippen MR) is 54.5 cm³/mol. The summed E-state index contributed by atoms with van der Waals surface area (Å²) in [5, 5.41) is 0. The van der Waals surface area contributed by atoms with Crippen molar-refractivity contribution in [3.63, 3.8) is 0 Å². The standard InChI is InChI=1S/C11H20O2/c1-4-6-7-9-10(3)13-11(12)8-5-2/h7,9-10H,4-6,8H2,1-3H3/b9-7+/t10-/m1/s1. The summed E-state index contributed by atoms with van der Waals surface area (Å²) in [7, 11) is 0. The molecule has 0 radical (unpaired) electrons. The largest absolute Gasteiger partial charge is 0.458 e. The number of unbranched alkanes of at least 4 members (excludes halogenated alkanes) is 1. The number of carbonyl (C=O) groups is 1. The molecule has 0 saturated carbocycles. The summed E-state index contributed by atoms with van der Waals surface area (Å²) in [6.07, 6.45) is 7.48. The van der Waals surface area contributed by atoms with Crippen LogP contribution in [0.2, 0.25) is 0 Å². The van der Waals surface area contributed by atoms with Crippen molar-refractivity contribution in [2.24, 2.45) is 0 Å². The number of carbonyl (C=O) groups excluding carboxylic acids is 1. The van der Waals surface area contributed by atoms with Crippen LogP contribution in [0.1, 0.15) is 46.5 Å². The van der Waals surface area contributed by atoms with Crippen molar-refractivity contribution < 1.29 is 9.53 Å². The Morgan fingerprint density at radius 2 is 2.08 bits per heavy atom. The van der Waals surface area contributed by atoms with Crippen molar-refractivity contribution in [3.8, 4) is 0 Å². The Morgan fingerprint density at radius 3 is 2.62 bits per heavy atom. The van der Waals surface area contributed by atoms with Crippen molar-refractivity contribution in [2.75, 3.05) is 0 Å². The van der Waals surface area contributed by atoms with Gasteiger partial charge in [-0.15, -0.1) is 0 Å². The first-order valence-corrected chi connectivity index (χ1v) is 5.06. The topological polar surface area (TPSA) is 26.3 Å². The first-order valence-electron chi connectivity index (χ1n) is 5.06. The Bertz CT molecular complexity index is 161. The lowest BCUT2D eigenvalue weighted by molar-refractivity contribution is -0.146. The van der Waals surface area contributed by atoms with Crippen LogP contribution in [0.4, 0.5) is 0 Å². The van der Waals surface area contributed by atoms with Crippen LogP contribution in [0, 0.1) is 0 Å². The molecule has 2 heteroatoms. The zero-order chi connectivity index (χ0) is 10.1. The highest BCUT2D eigenvalue weighted by Crippen LogP contribution is 2.00. The minimum absolute atomic E-state index is 0.0781. The highest BCUT2D eigenvalue weighted by Gasteiger charge is 2.03. The van der Waals surface area contributed by atoms with Gasteiger partial charge in [0.15, 0.2) is 0 Å². The van der Waals surface area contributed by atoms with Crippen LogP contribution in [-0.2, 0) is 9.53 Å². The molecular formula is C11H20O2. The Balaban J connectivity index is 3.60. The van der Waals surface area contributed by atoms with E-state index < -0.39 is 0 Å². The molecule has 0 fully saturated rings. The van der Waals surface area contributed by atoms with E-state index in [9.17, 15) is 4.79 Å². The fourth-order valence-corrected chi connectivity index (χ4v) is 0.964. The smallest absolute Gasteiger partial charge is 0.306 e. The van der Waals surface area contributed by atoms with Gasteiger partial charge in [-0.2, -0.15) is 0 Å². The molecule has 0 aromatic rings. The van der Waals surface area contributed by atoms with E-state index in [2.05, 4.69) is 13.0 Å². The summed E-state index contributed by atoms with van der Waals surface area (Å²) in [5.41, 5.74) is 0. The second-order valence-electron chi connectivity index (χ2n) is 3.16. The maximum atomic E-state index is 11.0. The minimum Gasteiger partial charge on any atom is -0.458 e. The van der Waals surface area contributed by atoms with Crippen LogP contribution >= 0.6 is 0 Å². The number of esters is 1. The summed E-state index contributed by atoms with van der Waals surface area (Å²) in [6, 6.07) is 0. The van der Waals surface area contributed by atoms with Gasteiger partial charge in [-0.05, 0) is 25.8 Å². The molecule has 0 rings (SSSR count). The molecule has 0 aliphatic heterocycles. The van der Waals surface area contributed by atoms with Gasteiger partial charge in [0.2, 0.25) is 0 Å². The first kappa shape index (κ1) is 12.2. The molecule has 0 spiro atoms. The quantitative estimate of drug-likeness (QED) is 0.468.